The number of halogens is 1. The smallest absolute Gasteiger partial charge is 0.416 e. The Kier molecular flexibility index (Phi) is 4.46. The molecule has 0 saturated carbocycles. The van der Waals surface area contributed by atoms with Crippen molar-refractivity contribution in [1.29, 1.82) is 0 Å². The fourth-order valence-electron chi connectivity index (χ4n) is 1.69. The molecule has 1 aromatic rings. The van der Waals surface area contributed by atoms with Gasteiger partial charge in [0.1, 0.15) is 6.61 Å². The van der Waals surface area contributed by atoms with Gasteiger partial charge in [0, 0.05) is 0 Å². The molecule has 0 aromatic heterocycles. The molecule has 1 heterocycles. The monoisotopic (exact) mass is 267 g/mol. The maximum atomic E-state index is 13.6. The molecule has 102 valence electrons. The predicted octanol–water partition coefficient (Wildman–Crippen LogP) is 1.52. The average Bonchev–Trinajstić information content (AvgIpc) is 2.85. The molecule has 1 fully saturated rings. The fourth-order valence-corrected chi connectivity index (χ4v) is 1.69. The van der Waals surface area contributed by atoms with Crippen LogP contribution in [0.5, 0.6) is 0 Å². The maximum Gasteiger partial charge on any atom is 0.416 e. The van der Waals surface area contributed by atoms with Crippen LogP contribution in [0.1, 0.15) is 5.56 Å². The summed E-state index contributed by atoms with van der Waals surface area (Å²) in [6.45, 7) is 0.0510. The van der Waals surface area contributed by atoms with Crippen LogP contribution in [0.3, 0.4) is 0 Å². The molecular weight excluding hydrogens is 253 g/mol. The van der Waals surface area contributed by atoms with Crippen LogP contribution >= 0.6 is 0 Å². The summed E-state index contributed by atoms with van der Waals surface area (Å²) in [5.41, 5.74) is 0.891. The topological polar surface area (TPSA) is 55.8 Å². The SMILES string of the molecule is O=C1OCCN1C(=O)C(F)COCc1ccccc1. The van der Waals surface area contributed by atoms with Gasteiger partial charge in [0.25, 0.3) is 5.91 Å². The lowest BCUT2D eigenvalue weighted by atomic mass is 10.2. The van der Waals surface area contributed by atoms with Crippen LogP contribution in [-0.4, -0.2) is 42.8 Å². The van der Waals surface area contributed by atoms with E-state index in [1.165, 1.54) is 0 Å². The Hall–Kier alpha value is -1.95. The number of amides is 2. The van der Waals surface area contributed by atoms with Gasteiger partial charge in [0.05, 0.1) is 19.8 Å². The van der Waals surface area contributed by atoms with E-state index < -0.39 is 18.2 Å². The van der Waals surface area contributed by atoms with Gasteiger partial charge in [-0.05, 0) is 5.56 Å². The van der Waals surface area contributed by atoms with Gasteiger partial charge in [-0.15, -0.1) is 0 Å². The number of nitrogens with zero attached hydrogens (tertiary/aromatic N) is 1. The summed E-state index contributed by atoms with van der Waals surface area (Å²) in [6.07, 6.45) is -2.65. The number of alkyl halides is 1. The second kappa shape index (κ2) is 6.29. The minimum absolute atomic E-state index is 0.0940. The average molecular weight is 267 g/mol. The molecule has 0 radical (unpaired) electrons. The Morgan fingerprint density at radius 3 is 2.79 bits per heavy atom. The zero-order valence-electron chi connectivity index (χ0n) is 10.3. The first kappa shape index (κ1) is 13.5. The van der Waals surface area contributed by atoms with Gasteiger partial charge < -0.3 is 9.47 Å². The highest BCUT2D eigenvalue weighted by Gasteiger charge is 2.33. The first-order valence-electron chi connectivity index (χ1n) is 5.92. The van der Waals surface area contributed by atoms with Crippen LogP contribution in [-0.2, 0) is 20.9 Å². The molecule has 1 saturated heterocycles. The summed E-state index contributed by atoms with van der Waals surface area (Å²) in [7, 11) is 0. The number of carbonyl (C=O) groups excluding carboxylic acids is 2. The van der Waals surface area contributed by atoms with Crippen molar-refractivity contribution in [2.24, 2.45) is 0 Å². The molecule has 0 aliphatic carbocycles. The van der Waals surface area contributed by atoms with Crippen molar-refractivity contribution in [2.75, 3.05) is 19.8 Å². The number of imide groups is 1. The zero-order valence-corrected chi connectivity index (χ0v) is 10.3. The zero-order chi connectivity index (χ0) is 13.7. The third-order valence-corrected chi connectivity index (χ3v) is 2.67. The highest BCUT2D eigenvalue weighted by Crippen LogP contribution is 2.09. The van der Waals surface area contributed by atoms with Crippen molar-refractivity contribution in [3.63, 3.8) is 0 Å². The van der Waals surface area contributed by atoms with E-state index in [9.17, 15) is 14.0 Å². The number of hydrogen-bond donors (Lipinski definition) is 0. The molecule has 2 rings (SSSR count). The normalized spacial score (nSPS) is 16.3. The third-order valence-electron chi connectivity index (χ3n) is 2.67. The van der Waals surface area contributed by atoms with Gasteiger partial charge in [-0.2, -0.15) is 0 Å². The molecule has 0 N–H and O–H groups in total. The molecule has 1 unspecified atom stereocenters. The number of hydrogen-bond acceptors (Lipinski definition) is 4. The van der Waals surface area contributed by atoms with E-state index in [1.807, 2.05) is 30.3 Å². The molecule has 1 aliphatic heterocycles. The highest BCUT2D eigenvalue weighted by atomic mass is 19.1. The molecule has 5 nitrogen and oxygen atoms in total. The molecule has 2 amide bonds. The summed E-state index contributed by atoms with van der Waals surface area (Å²) < 4.78 is 23.3. The van der Waals surface area contributed by atoms with Crippen LogP contribution in [0, 0.1) is 0 Å². The van der Waals surface area contributed by atoms with Crippen molar-refractivity contribution in [3.8, 4) is 0 Å². The van der Waals surface area contributed by atoms with Crippen molar-refractivity contribution < 1.29 is 23.5 Å². The Balaban J connectivity index is 1.76. The minimum Gasteiger partial charge on any atom is -0.447 e. The summed E-state index contributed by atoms with van der Waals surface area (Å²) in [5, 5.41) is 0. The Morgan fingerprint density at radius 2 is 2.16 bits per heavy atom. The quantitative estimate of drug-likeness (QED) is 0.811. The van der Waals surface area contributed by atoms with Gasteiger partial charge >= 0.3 is 6.09 Å². The third kappa shape index (κ3) is 3.51. The van der Waals surface area contributed by atoms with E-state index in [2.05, 4.69) is 4.74 Å². The first-order valence-corrected chi connectivity index (χ1v) is 5.92. The van der Waals surface area contributed by atoms with Gasteiger partial charge in [-0.1, -0.05) is 30.3 Å². The van der Waals surface area contributed by atoms with Crippen molar-refractivity contribution in [1.82, 2.24) is 4.90 Å². The van der Waals surface area contributed by atoms with Crippen LogP contribution in [0.2, 0.25) is 0 Å². The Bertz CT molecular complexity index is 451. The lowest BCUT2D eigenvalue weighted by Crippen LogP contribution is -2.39. The first-order chi connectivity index (χ1) is 9.18. The standard InChI is InChI=1S/C13H14FNO4/c14-11(12(16)15-6-7-19-13(15)17)9-18-8-10-4-2-1-3-5-10/h1-5,11H,6-9H2. The van der Waals surface area contributed by atoms with Gasteiger partial charge in [-0.3, -0.25) is 4.79 Å². The number of rotatable bonds is 5. The van der Waals surface area contributed by atoms with Gasteiger partial charge in [0.15, 0.2) is 0 Å². The number of cyclic esters (lactones) is 1. The van der Waals surface area contributed by atoms with Gasteiger partial charge in [-0.25, -0.2) is 14.1 Å². The van der Waals surface area contributed by atoms with Crippen molar-refractivity contribution >= 4 is 12.0 Å². The van der Waals surface area contributed by atoms with Crippen LogP contribution in [0.25, 0.3) is 0 Å². The van der Waals surface area contributed by atoms with E-state index in [0.29, 0.717) is 0 Å². The predicted molar refractivity (Wildman–Crippen MR) is 64.1 cm³/mol. The number of benzene rings is 1. The van der Waals surface area contributed by atoms with Gasteiger partial charge in [0.2, 0.25) is 6.17 Å². The maximum absolute atomic E-state index is 13.6. The number of carbonyl (C=O) groups is 2. The van der Waals surface area contributed by atoms with Crippen LogP contribution in [0.4, 0.5) is 9.18 Å². The van der Waals surface area contributed by atoms with E-state index in [1.54, 1.807) is 0 Å². The lowest BCUT2D eigenvalue weighted by molar-refractivity contribution is -0.135. The Labute approximate surface area is 109 Å². The largest absolute Gasteiger partial charge is 0.447 e. The highest BCUT2D eigenvalue weighted by molar-refractivity contribution is 5.95. The minimum atomic E-state index is -1.85. The molecule has 0 spiro atoms. The lowest BCUT2D eigenvalue weighted by Gasteiger charge is -2.14. The molecule has 1 aromatic carbocycles. The van der Waals surface area contributed by atoms with E-state index >= 15 is 0 Å². The second-order valence-corrected chi connectivity index (χ2v) is 4.07. The fraction of sp³-hybridized carbons (Fsp3) is 0.385. The molecular formula is C13H14FNO4. The summed E-state index contributed by atoms with van der Waals surface area (Å²) in [4.78, 5) is 23.4. The number of ether oxygens (including phenoxy) is 2. The van der Waals surface area contributed by atoms with E-state index in [4.69, 9.17) is 4.74 Å². The van der Waals surface area contributed by atoms with Crippen LogP contribution in [0.15, 0.2) is 30.3 Å². The summed E-state index contributed by atoms with van der Waals surface area (Å²) in [6, 6.07) is 9.23. The van der Waals surface area contributed by atoms with E-state index in [-0.39, 0.29) is 26.4 Å². The molecule has 19 heavy (non-hydrogen) atoms. The molecule has 1 aliphatic rings. The second-order valence-electron chi connectivity index (χ2n) is 4.07. The summed E-state index contributed by atoms with van der Waals surface area (Å²) in [5.74, 6) is -0.907. The molecule has 1 atom stereocenters. The Morgan fingerprint density at radius 1 is 1.42 bits per heavy atom. The van der Waals surface area contributed by atoms with Crippen molar-refractivity contribution in [3.05, 3.63) is 35.9 Å². The van der Waals surface area contributed by atoms with E-state index in [0.717, 1.165) is 10.5 Å². The van der Waals surface area contributed by atoms with Crippen molar-refractivity contribution in [2.45, 2.75) is 12.8 Å². The molecule has 6 heteroatoms. The summed E-state index contributed by atoms with van der Waals surface area (Å²) >= 11 is 0. The van der Waals surface area contributed by atoms with Crippen LogP contribution < -0.4 is 0 Å². The molecule has 0 bridgehead atoms.